The van der Waals surface area contributed by atoms with Crippen LogP contribution in [0.4, 0.5) is 0 Å². The average molecular weight is 245 g/mol. The summed E-state index contributed by atoms with van der Waals surface area (Å²) in [4.78, 5) is 0. The van der Waals surface area contributed by atoms with Crippen LogP contribution in [0.1, 0.15) is 32.6 Å². The molecular formula is C10H19N3O2S. The topological polar surface area (TPSA) is 82.0 Å². The number of nitriles is 1. The summed E-state index contributed by atoms with van der Waals surface area (Å²) in [6.07, 6.45) is 3.39. The summed E-state index contributed by atoms with van der Waals surface area (Å²) in [7, 11) is -3.45. The van der Waals surface area contributed by atoms with Crippen molar-refractivity contribution in [2.45, 2.75) is 43.9 Å². The molecule has 2 atom stereocenters. The molecule has 92 valence electrons. The minimum absolute atomic E-state index is 0.327. The Morgan fingerprint density at radius 3 is 2.88 bits per heavy atom. The van der Waals surface area contributed by atoms with Gasteiger partial charge in [-0.05, 0) is 32.2 Å². The number of hydrogen-bond acceptors (Lipinski definition) is 4. The predicted molar refractivity (Wildman–Crippen MR) is 62.3 cm³/mol. The molecule has 6 heteroatoms. The van der Waals surface area contributed by atoms with Gasteiger partial charge in [0.15, 0.2) is 5.25 Å². The van der Waals surface area contributed by atoms with Crippen molar-refractivity contribution >= 4 is 10.0 Å². The van der Waals surface area contributed by atoms with Gasteiger partial charge in [0.2, 0.25) is 10.0 Å². The first kappa shape index (κ1) is 13.4. The summed E-state index contributed by atoms with van der Waals surface area (Å²) in [5, 5.41) is 11.1. The zero-order chi connectivity index (χ0) is 12.0. The lowest BCUT2D eigenvalue weighted by atomic mass is 10.2. The highest BCUT2D eigenvalue weighted by Crippen LogP contribution is 2.08. The third kappa shape index (κ3) is 3.74. The van der Waals surface area contributed by atoms with Crippen LogP contribution in [0.5, 0.6) is 0 Å². The van der Waals surface area contributed by atoms with E-state index in [4.69, 9.17) is 5.26 Å². The molecule has 2 unspecified atom stereocenters. The van der Waals surface area contributed by atoms with Gasteiger partial charge in [0.1, 0.15) is 0 Å². The van der Waals surface area contributed by atoms with Crippen LogP contribution in [0.25, 0.3) is 0 Å². The van der Waals surface area contributed by atoms with Crippen LogP contribution in [0.2, 0.25) is 0 Å². The van der Waals surface area contributed by atoms with Gasteiger partial charge in [0.05, 0.1) is 6.07 Å². The second kappa shape index (κ2) is 6.18. The molecule has 0 aromatic heterocycles. The summed E-state index contributed by atoms with van der Waals surface area (Å²) in [6.45, 7) is 3.14. The zero-order valence-corrected chi connectivity index (χ0v) is 10.4. The Morgan fingerprint density at radius 2 is 2.38 bits per heavy atom. The van der Waals surface area contributed by atoms with Crippen LogP contribution in [0, 0.1) is 11.3 Å². The van der Waals surface area contributed by atoms with Gasteiger partial charge < -0.3 is 5.32 Å². The molecule has 0 amide bonds. The highest BCUT2D eigenvalue weighted by molar-refractivity contribution is 7.90. The number of sulfonamides is 1. The van der Waals surface area contributed by atoms with Crippen LogP contribution in [0.15, 0.2) is 0 Å². The molecule has 1 heterocycles. The molecule has 0 saturated carbocycles. The molecule has 2 N–H and O–H groups in total. The van der Waals surface area contributed by atoms with E-state index in [2.05, 4.69) is 10.0 Å². The molecule has 0 spiro atoms. The lowest BCUT2D eigenvalue weighted by Gasteiger charge is -2.12. The minimum atomic E-state index is -3.45. The smallest absolute Gasteiger partial charge is 0.227 e. The lowest BCUT2D eigenvalue weighted by molar-refractivity contribution is 0.536. The maximum Gasteiger partial charge on any atom is 0.227 e. The van der Waals surface area contributed by atoms with Crippen molar-refractivity contribution in [2.24, 2.45) is 0 Å². The van der Waals surface area contributed by atoms with Gasteiger partial charge in [-0.1, -0.05) is 6.92 Å². The fourth-order valence-corrected chi connectivity index (χ4v) is 3.04. The number of nitrogens with zero attached hydrogens (tertiary/aromatic N) is 1. The minimum Gasteiger partial charge on any atom is -0.314 e. The zero-order valence-electron chi connectivity index (χ0n) is 9.57. The highest BCUT2D eigenvalue weighted by atomic mass is 32.2. The van der Waals surface area contributed by atoms with E-state index >= 15 is 0 Å². The molecule has 0 radical (unpaired) electrons. The summed E-state index contributed by atoms with van der Waals surface area (Å²) < 4.78 is 25.7. The summed E-state index contributed by atoms with van der Waals surface area (Å²) in [6, 6.07) is 2.23. The van der Waals surface area contributed by atoms with Crippen LogP contribution in [-0.4, -0.2) is 32.8 Å². The SMILES string of the molecule is CCC(C#N)S(=O)(=O)NCCC1CCCN1. The fourth-order valence-electron chi connectivity index (χ4n) is 1.86. The predicted octanol–water partition coefficient (Wildman–Crippen LogP) is 0.350. The number of hydrogen-bond donors (Lipinski definition) is 2. The van der Waals surface area contributed by atoms with Crippen molar-refractivity contribution in [3.8, 4) is 6.07 Å². The van der Waals surface area contributed by atoms with Gasteiger partial charge in [-0.15, -0.1) is 0 Å². The van der Waals surface area contributed by atoms with Crippen molar-refractivity contribution < 1.29 is 8.42 Å². The third-order valence-corrected chi connectivity index (χ3v) is 4.64. The van der Waals surface area contributed by atoms with E-state index in [1.54, 1.807) is 13.0 Å². The highest BCUT2D eigenvalue weighted by Gasteiger charge is 2.23. The van der Waals surface area contributed by atoms with E-state index in [0.717, 1.165) is 25.8 Å². The second-order valence-electron chi connectivity index (χ2n) is 4.05. The molecule has 0 aromatic carbocycles. The van der Waals surface area contributed by atoms with Crippen LogP contribution >= 0.6 is 0 Å². The van der Waals surface area contributed by atoms with E-state index in [-0.39, 0.29) is 0 Å². The molecule has 5 nitrogen and oxygen atoms in total. The molecule has 1 aliphatic heterocycles. The molecular weight excluding hydrogens is 226 g/mol. The standard InChI is InChI=1S/C10H19N3O2S/c1-2-10(8-11)16(14,15)13-7-5-9-4-3-6-12-9/h9-10,12-13H,2-7H2,1H3. The van der Waals surface area contributed by atoms with Crippen molar-refractivity contribution in [3.05, 3.63) is 0 Å². The molecule has 1 fully saturated rings. The third-order valence-electron chi connectivity index (χ3n) is 2.85. The Hall–Kier alpha value is -0.640. The summed E-state index contributed by atoms with van der Waals surface area (Å²) in [5.41, 5.74) is 0. The van der Waals surface area contributed by atoms with E-state index in [9.17, 15) is 8.42 Å². The maximum atomic E-state index is 11.6. The first-order valence-electron chi connectivity index (χ1n) is 5.71. The Kier molecular flexibility index (Phi) is 5.19. The number of rotatable bonds is 6. The monoisotopic (exact) mass is 245 g/mol. The average Bonchev–Trinajstić information content (AvgIpc) is 2.71. The second-order valence-corrected chi connectivity index (χ2v) is 6.00. The molecule has 0 bridgehead atoms. The number of nitrogens with one attached hydrogen (secondary N) is 2. The molecule has 1 saturated heterocycles. The molecule has 0 aliphatic carbocycles. The quantitative estimate of drug-likeness (QED) is 0.707. The molecule has 16 heavy (non-hydrogen) atoms. The van der Waals surface area contributed by atoms with Crippen molar-refractivity contribution in [1.29, 1.82) is 5.26 Å². The lowest BCUT2D eigenvalue weighted by Crippen LogP contribution is -2.36. The maximum absolute atomic E-state index is 11.6. The Labute approximate surface area is 97.3 Å². The van der Waals surface area contributed by atoms with E-state index in [1.165, 1.54) is 0 Å². The first-order chi connectivity index (χ1) is 7.60. The Morgan fingerprint density at radius 1 is 1.62 bits per heavy atom. The van der Waals surface area contributed by atoms with Crippen LogP contribution in [0.3, 0.4) is 0 Å². The molecule has 1 rings (SSSR count). The van der Waals surface area contributed by atoms with Crippen molar-refractivity contribution in [3.63, 3.8) is 0 Å². The Balaban J connectivity index is 2.33. The Bertz CT molecular complexity index is 342. The first-order valence-corrected chi connectivity index (χ1v) is 7.26. The van der Waals surface area contributed by atoms with Gasteiger partial charge in [0, 0.05) is 12.6 Å². The van der Waals surface area contributed by atoms with E-state index < -0.39 is 15.3 Å². The van der Waals surface area contributed by atoms with Crippen molar-refractivity contribution in [2.75, 3.05) is 13.1 Å². The normalized spacial score (nSPS) is 22.9. The van der Waals surface area contributed by atoms with Gasteiger partial charge in [0.25, 0.3) is 0 Å². The van der Waals surface area contributed by atoms with Gasteiger partial charge in [-0.25, -0.2) is 13.1 Å². The fraction of sp³-hybridized carbons (Fsp3) is 0.900. The van der Waals surface area contributed by atoms with Gasteiger partial charge in [-0.3, -0.25) is 0 Å². The van der Waals surface area contributed by atoms with Crippen LogP contribution < -0.4 is 10.0 Å². The molecule has 0 aromatic rings. The van der Waals surface area contributed by atoms with E-state index in [1.807, 2.05) is 0 Å². The van der Waals surface area contributed by atoms with Gasteiger partial charge >= 0.3 is 0 Å². The molecule has 1 aliphatic rings. The van der Waals surface area contributed by atoms with E-state index in [0.29, 0.717) is 19.0 Å². The van der Waals surface area contributed by atoms with Crippen molar-refractivity contribution in [1.82, 2.24) is 10.0 Å². The van der Waals surface area contributed by atoms with Crippen LogP contribution in [-0.2, 0) is 10.0 Å². The summed E-state index contributed by atoms with van der Waals surface area (Å²) in [5.74, 6) is 0. The summed E-state index contributed by atoms with van der Waals surface area (Å²) >= 11 is 0. The largest absolute Gasteiger partial charge is 0.314 e. The van der Waals surface area contributed by atoms with Gasteiger partial charge in [-0.2, -0.15) is 5.26 Å².